The van der Waals surface area contributed by atoms with Gasteiger partial charge in [-0.25, -0.2) is 4.79 Å². The molecule has 0 spiro atoms. The predicted octanol–water partition coefficient (Wildman–Crippen LogP) is 4.66. The van der Waals surface area contributed by atoms with Gasteiger partial charge in [0.05, 0.1) is 30.4 Å². The zero-order valence-electron chi connectivity index (χ0n) is 29.7. The minimum absolute atomic E-state index is 0.134. The predicted molar refractivity (Wildman–Crippen MR) is 188 cm³/mol. The van der Waals surface area contributed by atoms with Crippen LogP contribution in [0.2, 0.25) is 0 Å². The zero-order chi connectivity index (χ0) is 35.5. The minimum Gasteiger partial charge on any atom is -0.490 e. The van der Waals surface area contributed by atoms with Gasteiger partial charge in [0, 0.05) is 56.5 Å². The quantitative estimate of drug-likeness (QED) is 0.326. The first-order valence-electron chi connectivity index (χ1n) is 17.2. The Kier molecular flexibility index (Phi) is 13.9. The van der Waals surface area contributed by atoms with E-state index in [0.29, 0.717) is 53.6 Å². The van der Waals surface area contributed by atoms with Gasteiger partial charge in [0.2, 0.25) is 12.7 Å². The number of likely N-dealkylation sites (N-methyl/N-ethyl adjacent to an activating group) is 1. The van der Waals surface area contributed by atoms with E-state index in [1.165, 1.54) is 0 Å². The van der Waals surface area contributed by atoms with E-state index in [0.717, 1.165) is 25.8 Å². The Balaban J connectivity index is 1.53. The Morgan fingerprint density at radius 2 is 1.71 bits per heavy atom. The third-order valence-electron chi connectivity index (χ3n) is 8.77. The molecule has 2 aliphatic heterocycles. The highest BCUT2D eigenvalue weighted by molar-refractivity contribution is 5.99. The first kappa shape index (κ1) is 37.7. The summed E-state index contributed by atoms with van der Waals surface area (Å²) >= 11 is 0. The maximum absolute atomic E-state index is 14.3. The lowest BCUT2D eigenvalue weighted by atomic mass is 10.0. The summed E-state index contributed by atoms with van der Waals surface area (Å²) in [4.78, 5) is 45.5. The Morgan fingerprint density at radius 1 is 1.00 bits per heavy atom. The molecule has 0 aliphatic carbocycles. The van der Waals surface area contributed by atoms with Gasteiger partial charge in [-0.05, 0) is 90.5 Å². The summed E-state index contributed by atoms with van der Waals surface area (Å²) in [7, 11) is 5.63. The largest absolute Gasteiger partial charge is 0.490 e. The van der Waals surface area contributed by atoms with Crippen LogP contribution in [0.15, 0.2) is 36.4 Å². The van der Waals surface area contributed by atoms with Crippen molar-refractivity contribution in [3.05, 3.63) is 42.0 Å². The van der Waals surface area contributed by atoms with Gasteiger partial charge in [0.1, 0.15) is 5.75 Å². The summed E-state index contributed by atoms with van der Waals surface area (Å²) in [5, 5.41) is 16.1. The maximum Gasteiger partial charge on any atom is 0.321 e. The third-order valence-corrected chi connectivity index (χ3v) is 8.77. The van der Waals surface area contributed by atoms with Crippen LogP contribution in [0, 0.1) is 5.92 Å². The summed E-state index contributed by atoms with van der Waals surface area (Å²) in [6.45, 7) is 7.42. The molecule has 270 valence electrons. The van der Waals surface area contributed by atoms with Gasteiger partial charge >= 0.3 is 6.03 Å². The molecule has 0 unspecified atom stereocenters. The van der Waals surface area contributed by atoms with E-state index in [1.807, 2.05) is 32.8 Å². The molecule has 13 heteroatoms. The number of rotatable bonds is 10. The van der Waals surface area contributed by atoms with Gasteiger partial charge < -0.3 is 49.4 Å². The summed E-state index contributed by atoms with van der Waals surface area (Å²) in [5.41, 5.74) is 1.38. The molecule has 3 N–H and O–H groups in total. The monoisotopic (exact) mass is 683 g/mol. The molecule has 4 rings (SSSR count). The van der Waals surface area contributed by atoms with Crippen molar-refractivity contribution in [2.75, 3.05) is 71.4 Å². The van der Waals surface area contributed by atoms with E-state index >= 15 is 0 Å². The van der Waals surface area contributed by atoms with E-state index in [2.05, 4.69) is 10.6 Å². The van der Waals surface area contributed by atoms with Gasteiger partial charge in [0.25, 0.3) is 5.91 Å². The summed E-state index contributed by atoms with van der Waals surface area (Å²) in [6, 6.07) is 9.53. The molecule has 0 fully saturated rings. The molecular formula is C36H53N5O8. The van der Waals surface area contributed by atoms with E-state index in [9.17, 15) is 19.5 Å². The van der Waals surface area contributed by atoms with Crippen molar-refractivity contribution in [1.29, 1.82) is 0 Å². The number of urea groups is 1. The average molecular weight is 684 g/mol. The van der Waals surface area contributed by atoms with Crippen LogP contribution in [-0.2, 0) is 9.53 Å². The first-order valence-corrected chi connectivity index (χ1v) is 17.2. The van der Waals surface area contributed by atoms with Gasteiger partial charge in [0.15, 0.2) is 11.5 Å². The number of ether oxygens (including phenoxy) is 4. The number of amides is 4. The van der Waals surface area contributed by atoms with Crippen molar-refractivity contribution < 1.29 is 38.4 Å². The van der Waals surface area contributed by atoms with E-state index in [-0.39, 0.29) is 56.4 Å². The van der Waals surface area contributed by atoms with Crippen LogP contribution in [0.25, 0.3) is 0 Å². The van der Waals surface area contributed by atoms with Crippen molar-refractivity contribution in [2.45, 2.75) is 71.1 Å². The summed E-state index contributed by atoms with van der Waals surface area (Å²) in [6.07, 6.45) is 2.87. The van der Waals surface area contributed by atoms with Crippen LogP contribution in [0.4, 0.5) is 16.2 Å². The molecule has 0 radical (unpaired) electrons. The number of carbonyl (C=O) groups is 3. The number of aliphatic hydroxyl groups is 1. The number of hydrogen-bond acceptors (Lipinski definition) is 9. The number of carbonyl (C=O) groups excluding carboxylic acids is 3. The van der Waals surface area contributed by atoms with Crippen molar-refractivity contribution >= 4 is 29.2 Å². The highest BCUT2D eigenvalue weighted by Crippen LogP contribution is 2.34. The topological polar surface area (TPSA) is 142 Å². The molecule has 0 aromatic heterocycles. The fourth-order valence-electron chi connectivity index (χ4n) is 5.79. The van der Waals surface area contributed by atoms with Crippen LogP contribution >= 0.6 is 0 Å². The van der Waals surface area contributed by atoms with E-state index < -0.39 is 12.1 Å². The fourth-order valence-corrected chi connectivity index (χ4v) is 5.79. The number of aliphatic hydroxyl groups excluding tert-OH is 1. The Labute approximate surface area is 289 Å². The molecule has 13 nitrogen and oxygen atoms in total. The molecular weight excluding hydrogens is 630 g/mol. The second-order valence-corrected chi connectivity index (χ2v) is 13.3. The first-order chi connectivity index (χ1) is 23.4. The Hall–Kier alpha value is -4.07. The van der Waals surface area contributed by atoms with E-state index in [4.69, 9.17) is 18.9 Å². The van der Waals surface area contributed by atoms with Crippen LogP contribution in [0.5, 0.6) is 17.2 Å². The fraction of sp³-hybridized carbons (Fsp3) is 0.583. The van der Waals surface area contributed by atoms with Crippen molar-refractivity contribution in [1.82, 2.24) is 14.7 Å². The Morgan fingerprint density at radius 3 is 2.45 bits per heavy atom. The second kappa shape index (κ2) is 18.1. The zero-order valence-corrected chi connectivity index (χ0v) is 29.7. The van der Waals surface area contributed by atoms with Gasteiger partial charge in [-0.2, -0.15) is 0 Å². The third kappa shape index (κ3) is 11.0. The number of fused-ring (bicyclic) bond motifs is 2. The van der Waals surface area contributed by atoms with Crippen molar-refractivity contribution in [2.24, 2.45) is 5.92 Å². The molecule has 4 amide bonds. The number of hydrogen-bond donors (Lipinski definition) is 3. The lowest BCUT2D eigenvalue weighted by molar-refractivity contribution is -0.116. The molecule has 2 aromatic carbocycles. The molecule has 2 aliphatic rings. The van der Waals surface area contributed by atoms with Gasteiger partial charge in [-0.3, -0.25) is 9.59 Å². The number of benzene rings is 2. The summed E-state index contributed by atoms with van der Waals surface area (Å²) < 4.78 is 23.5. The van der Waals surface area contributed by atoms with Gasteiger partial charge in [-0.15, -0.1) is 0 Å². The number of nitrogens with zero attached hydrogens (tertiary/aromatic N) is 3. The molecule has 0 saturated carbocycles. The summed E-state index contributed by atoms with van der Waals surface area (Å²) in [5.74, 6) is 0.946. The van der Waals surface area contributed by atoms with Crippen LogP contribution in [-0.4, -0.2) is 117 Å². The standard InChI is InChI=1S/C36H53N5O8/c1-24-20-41(25(2)22-42)35(44)29-18-27(37-34(43)11-9-16-39(4)5)12-14-30(29)49-26(3)10-7-8-17-46-33(24)21-40(6)36(45)38-28-13-15-31-32(19-28)48-23-47-31/h12-15,18-19,24-26,33,42H,7-11,16-17,20-23H2,1-6H3,(H,37,43)(H,38,45)/t24-,25+,26-,33+/m1/s1. The molecule has 2 heterocycles. The lowest BCUT2D eigenvalue weighted by Crippen LogP contribution is -2.48. The van der Waals surface area contributed by atoms with Crippen LogP contribution in [0.3, 0.4) is 0 Å². The normalized spacial score (nSPS) is 20.5. The van der Waals surface area contributed by atoms with Crippen LogP contribution in [0.1, 0.15) is 63.2 Å². The van der Waals surface area contributed by atoms with Crippen molar-refractivity contribution in [3.63, 3.8) is 0 Å². The smallest absolute Gasteiger partial charge is 0.321 e. The minimum atomic E-state index is -0.523. The van der Waals surface area contributed by atoms with E-state index in [1.54, 1.807) is 60.2 Å². The number of nitrogens with one attached hydrogen (secondary N) is 2. The second-order valence-electron chi connectivity index (χ2n) is 13.3. The SMILES string of the molecule is C[C@@H]1CCCCO[C@@H](CN(C)C(=O)Nc2ccc3c(c2)OCO3)[C@H](C)CN([C@@H](C)CO)C(=O)c2cc(NC(=O)CCCN(C)C)ccc2O1. The highest BCUT2D eigenvalue weighted by atomic mass is 16.7. The molecule has 49 heavy (non-hydrogen) atoms. The Bertz CT molecular complexity index is 1420. The van der Waals surface area contributed by atoms with Crippen molar-refractivity contribution in [3.8, 4) is 17.2 Å². The average Bonchev–Trinajstić information content (AvgIpc) is 3.53. The molecule has 4 atom stereocenters. The molecule has 0 saturated heterocycles. The molecule has 2 aromatic rings. The van der Waals surface area contributed by atoms with Gasteiger partial charge in [-0.1, -0.05) is 6.92 Å². The van der Waals surface area contributed by atoms with Crippen LogP contribution < -0.4 is 24.8 Å². The highest BCUT2D eigenvalue weighted by Gasteiger charge is 2.31. The number of anilines is 2. The maximum atomic E-state index is 14.3. The lowest BCUT2D eigenvalue weighted by Gasteiger charge is -2.35. The molecule has 0 bridgehead atoms.